The van der Waals surface area contributed by atoms with Crippen molar-refractivity contribution in [3.8, 4) is 0 Å². The molecule has 1 rings (SSSR count). The zero-order chi connectivity index (χ0) is 14.3. The first-order valence-corrected chi connectivity index (χ1v) is 6.34. The Balaban J connectivity index is 2.57. The van der Waals surface area contributed by atoms with Crippen molar-refractivity contribution in [2.75, 3.05) is 6.54 Å². The van der Waals surface area contributed by atoms with Gasteiger partial charge in [0, 0.05) is 19.0 Å². The molecule has 19 heavy (non-hydrogen) atoms. The fourth-order valence-corrected chi connectivity index (χ4v) is 1.70. The van der Waals surface area contributed by atoms with Crippen LogP contribution in [0.25, 0.3) is 0 Å². The molecule has 0 fully saturated rings. The third-order valence-electron chi connectivity index (χ3n) is 2.98. The predicted octanol–water partition coefficient (Wildman–Crippen LogP) is 1.10. The van der Waals surface area contributed by atoms with Gasteiger partial charge in [0.2, 0.25) is 5.91 Å². The van der Waals surface area contributed by atoms with Crippen molar-refractivity contribution in [3.63, 3.8) is 0 Å². The summed E-state index contributed by atoms with van der Waals surface area (Å²) in [5.41, 5.74) is 6.35. The number of amides is 1. The van der Waals surface area contributed by atoms with Gasteiger partial charge in [0.25, 0.3) is 0 Å². The third-order valence-corrected chi connectivity index (χ3v) is 2.98. The molecule has 4 N–H and O–H groups in total. The van der Waals surface area contributed by atoms with Crippen LogP contribution in [0.5, 0.6) is 0 Å². The topological polar surface area (TPSA) is 92.4 Å². The number of nitrogens with one attached hydrogen (secondary N) is 1. The first-order valence-electron chi connectivity index (χ1n) is 6.34. The minimum atomic E-state index is -0.953. The second kappa shape index (κ2) is 7.53. The lowest BCUT2D eigenvalue weighted by Crippen LogP contribution is -2.35. The van der Waals surface area contributed by atoms with Gasteiger partial charge >= 0.3 is 5.97 Å². The van der Waals surface area contributed by atoms with E-state index in [-0.39, 0.29) is 24.9 Å². The molecule has 0 heterocycles. The number of carbonyl (C=O) groups excluding carboxylic acids is 1. The molecule has 1 amide bonds. The molecule has 0 aliphatic heterocycles. The SMILES string of the molecule is CCC(N)CC(=O)NCC(C(=O)O)c1ccccc1. The lowest BCUT2D eigenvalue weighted by Gasteiger charge is -2.15. The summed E-state index contributed by atoms with van der Waals surface area (Å²) in [7, 11) is 0. The van der Waals surface area contributed by atoms with E-state index in [0.29, 0.717) is 12.0 Å². The highest BCUT2D eigenvalue weighted by Crippen LogP contribution is 2.14. The summed E-state index contributed by atoms with van der Waals surface area (Å²) >= 11 is 0. The minimum absolute atomic E-state index is 0.0780. The van der Waals surface area contributed by atoms with Crippen molar-refractivity contribution in [1.82, 2.24) is 5.32 Å². The number of carbonyl (C=O) groups is 2. The van der Waals surface area contributed by atoms with Crippen LogP contribution in [0.3, 0.4) is 0 Å². The smallest absolute Gasteiger partial charge is 0.312 e. The molecule has 5 heteroatoms. The first kappa shape index (κ1) is 15.2. The van der Waals surface area contributed by atoms with Gasteiger partial charge in [0.05, 0.1) is 5.92 Å². The average Bonchev–Trinajstić information content (AvgIpc) is 2.39. The van der Waals surface area contributed by atoms with E-state index < -0.39 is 11.9 Å². The van der Waals surface area contributed by atoms with Gasteiger partial charge in [-0.2, -0.15) is 0 Å². The van der Waals surface area contributed by atoms with Crippen LogP contribution in [0.1, 0.15) is 31.2 Å². The Labute approximate surface area is 112 Å². The van der Waals surface area contributed by atoms with E-state index in [1.807, 2.05) is 13.0 Å². The highest BCUT2D eigenvalue weighted by atomic mass is 16.4. The Hall–Kier alpha value is -1.88. The molecule has 1 aromatic rings. The Kier molecular flexibility index (Phi) is 6.02. The van der Waals surface area contributed by atoms with Crippen LogP contribution in [0.2, 0.25) is 0 Å². The first-order chi connectivity index (χ1) is 9.04. The lowest BCUT2D eigenvalue weighted by atomic mass is 9.99. The van der Waals surface area contributed by atoms with Gasteiger partial charge < -0.3 is 16.2 Å². The summed E-state index contributed by atoms with van der Waals surface area (Å²) in [5, 5.41) is 11.8. The molecule has 104 valence electrons. The quantitative estimate of drug-likeness (QED) is 0.687. The second-order valence-corrected chi connectivity index (χ2v) is 4.48. The normalized spacial score (nSPS) is 13.6. The molecule has 0 spiro atoms. The zero-order valence-corrected chi connectivity index (χ0v) is 11.0. The van der Waals surface area contributed by atoms with Crippen molar-refractivity contribution in [1.29, 1.82) is 0 Å². The third kappa shape index (κ3) is 5.09. The minimum Gasteiger partial charge on any atom is -0.481 e. The molecule has 5 nitrogen and oxygen atoms in total. The van der Waals surface area contributed by atoms with E-state index in [4.69, 9.17) is 5.73 Å². The standard InChI is InChI=1S/C14H20N2O3/c1-2-11(15)8-13(17)16-9-12(14(18)19)10-6-4-3-5-7-10/h3-7,11-12H,2,8-9,15H2,1H3,(H,16,17)(H,18,19). The van der Waals surface area contributed by atoms with Crippen LogP contribution >= 0.6 is 0 Å². The maximum atomic E-state index is 11.6. The summed E-state index contributed by atoms with van der Waals surface area (Å²) in [6.07, 6.45) is 0.937. The number of aliphatic carboxylic acids is 1. The van der Waals surface area contributed by atoms with Crippen molar-refractivity contribution < 1.29 is 14.7 Å². The molecule has 1 aromatic carbocycles. The van der Waals surface area contributed by atoms with Crippen molar-refractivity contribution in [2.24, 2.45) is 5.73 Å². The van der Waals surface area contributed by atoms with Gasteiger partial charge in [0.15, 0.2) is 0 Å². The van der Waals surface area contributed by atoms with Gasteiger partial charge in [-0.05, 0) is 12.0 Å². The Morgan fingerprint density at radius 1 is 1.32 bits per heavy atom. The van der Waals surface area contributed by atoms with Crippen molar-refractivity contribution in [2.45, 2.75) is 31.7 Å². The number of hydrogen-bond donors (Lipinski definition) is 3. The van der Waals surface area contributed by atoms with E-state index in [2.05, 4.69) is 5.32 Å². The van der Waals surface area contributed by atoms with Crippen molar-refractivity contribution in [3.05, 3.63) is 35.9 Å². The second-order valence-electron chi connectivity index (χ2n) is 4.48. The maximum Gasteiger partial charge on any atom is 0.312 e. The molecule has 0 aliphatic rings. The maximum absolute atomic E-state index is 11.6. The monoisotopic (exact) mass is 264 g/mol. The Morgan fingerprint density at radius 2 is 1.95 bits per heavy atom. The molecular weight excluding hydrogens is 244 g/mol. The van der Waals surface area contributed by atoms with Crippen LogP contribution < -0.4 is 11.1 Å². The van der Waals surface area contributed by atoms with Crippen LogP contribution in [0, 0.1) is 0 Å². The van der Waals surface area contributed by atoms with Crippen molar-refractivity contribution >= 4 is 11.9 Å². The molecule has 2 unspecified atom stereocenters. The van der Waals surface area contributed by atoms with E-state index >= 15 is 0 Å². The number of rotatable bonds is 7. The van der Waals surface area contributed by atoms with Crippen LogP contribution in [0.15, 0.2) is 30.3 Å². The van der Waals surface area contributed by atoms with E-state index in [1.54, 1.807) is 24.3 Å². The number of carboxylic acid groups (broad SMARTS) is 1. The largest absolute Gasteiger partial charge is 0.481 e. The van der Waals surface area contributed by atoms with Gasteiger partial charge in [-0.1, -0.05) is 37.3 Å². The molecule has 0 saturated carbocycles. The highest BCUT2D eigenvalue weighted by molar-refractivity contribution is 5.80. The van der Waals surface area contributed by atoms with Gasteiger partial charge in [-0.25, -0.2) is 0 Å². The fraction of sp³-hybridized carbons (Fsp3) is 0.429. The Bertz CT molecular complexity index is 420. The van der Waals surface area contributed by atoms with E-state index in [1.165, 1.54) is 0 Å². The summed E-state index contributed by atoms with van der Waals surface area (Å²) < 4.78 is 0. The number of carboxylic acids is 1. The lowest BCUT2D eigenvalue weighted by molar-refractivity contribution is -0.138. The number of benzene rings is 1. The molecule has 2 atom stereocenters. The average molecular weight is 264 g/mol. The fourth-order valence-electron chi connectivity index (χ4n) is 1.70. The molecule has 0 aliphatic carbocycles. The van der Waals surface area contributed by atoms with E-state index in [9.17, 15) is 14.7 Å². The molecule has 0 saturated heterocycles. The van der Waals surface area contributed by atoms with Crippen LogP contribution in [0.4, 0.5) is 0 Å². The van der Waals surface area contributed by atoms with Gasteiger partial charge in [-0.3, -0.25) is 9.59 Å². The number of hydrogen-bond acceptors (Lipinski definition) is 3. The summed E-state index contributed by atoms with van der Waals surface area (Å²) in [6.45, 7) is 1.98. The van der Waals surface area contributed by atoms with E-state index in [0.717, 1.165) is 0 Å². The van der Waals surface area contributed by atoms with Gasteiger partial charge in [0.1, 0.15) is 0 Å². The molecule has 0 bridgehead atoms. The van der Waals surface area contributed by atoms with Crippen LogP contribution in [-0.4, -0.2) is 29.6 Å². The zero-order valence-electron chi connectivity index (χ0n) is 11.0. The molecule has 0 radical (unpaired) electrons. The Morgan fingerprint density at radius 3 is 2.47 bits per heavy atom. The van der Waals surface area contributed by atoms with Crippen LogP contribution in [-0.2, 0) is 9.59 Å². The molecule has 0 aromatic heterocycles. The summed E-state index contributed by atoms with van der Waals surface area (Å²) in [5.74, 6) is -1.90. The number of nitrogens with two attached hydrogens (primary N) is 1. The predicted molar refractivity (Wildman–Crippen MR) is 72.7 cm³/mol. The summed E-state index contributed by atoms with van der Waals surface area (Å²) in [6, 6.07) is 8.67. The summed E-state index contributed by atoms with van der Waals surface area (Å²) in [4.78, 5) is 22.8. The highest BCUT2D eigenvalue weighted by Gasteiger charge is 2.20. The molecular formula is C14H20N2O3. The van der Waals surface area contributed by atoms with Gasteiger partial charge in [-0.15, -0.1) is 0 Å².